The van der Waals surface area contributed by atoms with Crippen LogP contribution in [-0.2, 0) is 4.74 Å². The Morgan fingerprint density at radius 1 is 1.18 bits per heavy atom. The summed E-state index contributed by atoms with van der Waals surface area (Å²) >= 11 is 0. The van der Waals surface area contributed by atoms with Gasteiger partial charge in [0.25, 0.3) is 0 Å². The maximum absolute atomic E-state index is 11.7. The number of hydrogen-bond donors (Lipinski definition) is 2. The summed E-state index contributed by atoms with van der Waals surface area (Å²) in [5.41, 5.74) is 0.260. The van der Waals surface area contributed by atoms with Gasteiger partial charge in [0, 0.05) is 18.6 Å². The van der Waals surface area contributed by atoms with Crippen molar-refractivity contribution in [3.8, 4) is 0 Å². The topological polar surface area (TPSA) is 50.4 Å². The van der Waals surface area contributed by atoms with Crippen LogP contribution in [0.5, 0.6) is 0 Å². The maximum atomic E-state index is 11.7. The maximum Gasteiger partial charge on any atom is 0.407 e. The molecule has 2 N–H and O–H groups in total. The average Bonchev–Trinajstić information content (AvgIpc) is 2.86. The van der Waals surface area contributed by atoms with Crippen molar-refractivity contribution in [1.29, 1.82) is 0 Å². The second kappa shape index (κ2) is 7.20. The Balaban J connectivity index is 1.63. The van der Waals surface area contributed by atoms with Gasteiger partial charge >= 0.3 is 6.09 Å². The smallest absolute Gasteiger partial charge is 0.407 e. The van der Waals surface area contributed by atoms with Crippen molar-refractivity contribution < 1.29 is 9.53 Å². The molecule has 0 heterocycles. The van der Waals surface area contributed by atoms with Crippen molar-refractivity contribution in [3.05, 3.63) is 0 Å². The third-order valence-corrected chi connectivity index (χ3v) is 5.18. The van der Waals surface area contributed by atoms with E-state index < -0.39 is 5.60 Å². The van der Waals surface area contributed by atoms with Crippen molar-refractivity contribution in [2.24, 2.45) is 5.41 Å². The molecule has 2 aliphatic rings. The first kappa shape index (κ1) is 17.6. The number of alkyl carbamates (subject to hydrolysis) is 1. The van der Waals surface area contributed by atoms with E-state index in [4.69, 9.17) is 4.74 Å². The van der Waals surface area contributed by atoms with Crippen LogP contribution in [0.2, 0.25) is 0 Å². The Kier molecular flexibility index (Phi) is 5.76. The second-order valence-corrected chi connectivity index (χ2v) is 8.43. The van der Waals surface area contributed by atoms with Gasteiger partial charge in [-0.3, -0.25) is 0 Å². The molecule has 1 unspecified atom stereocenters. The highest BCUT2D eigenvalue weighted by Crippen LogP contribution is 2.48. The summed E-state index contributed by atoms with van der Waals surface area (Å²) in [5.74, 6) is 0. The van der Waals surface area contributed by atoms with Crippen LogP contribution in [0.1, 0.15) is 79.1 Å². The SMILES string of the molecule is CC(CNC(=O)OC(C)(C)C)NC1CCC2(CCCC2)CC1. The molecule has 4 heteroatoms. The van der Waals surface area contributed by atoms with Crippen molar-refractivity contribution in [2.45, 2.75) is 96.7 Å². The summed E-state index contributed by atoms with van der Waals surface area (Å²) in [7, 11) is 0. The van der Waals surface area contributed by atoms with Gasteiger partial charge in [-0.05, 0) is 71.6 Å². The molecule has 1 amide bonds. The van der Waals surface area contributed by atoms with Gasteiger partial charge in [-0.1, -0.05) is 12.8 Å². The van der Waals surface area contributed by atoms with Gasteiger partial charge in [-0.15, -0.1) is 0 Å². The quantitative estimate of drug-likeness (QED) is 0.825. The highest BCUT2D eigenvalue weighted by atomic mass is 16.6. The van der Waals surface area contributed by atoms with Crippen LogP contribution in [0.3, 0.4) is 0 Å². The fraction of sp³-hybridized carbons (Fsp3) is 0.944. The Hall–Kier alpha value is -0.770. The highest BCUT2D eigenvalue weighted by molar-refractivity contribution is 5.67. The molecule has 128 valence electrons. The van der Waals surface area contributed by atoms with Crippen molar-refractivity contribution >= 4 is 6.09 Å². The molecule has 1 spiro atoms. The van der Waals surface area contributed by atoms with Crippen LogP contribution in [-0.4, -0.2) is 30.3 Å². The standard InChI is InChI=1S/C18H34N2O2/c1-14(13-19-16(21)22-17(2,3)4)20-15-7-11-18(12-8-15)9-5-6-10-18/h14-15,20H,5-13H2,1-4H3,(H,19,21). The largest absolute Gasteiger partial charge is 0.444 e. The van der Waals surface area contributed by atoms with E-state index in [1.54, 1.807) is 0 Å². The zero-order valence-electron chi connectivity index (χ0n) is 14.8. The summed E-state index contributed by atoms with van der Waals surface area (Å²) in [5, 5.41) is 6.53. The zero-order chi connectivity index (χ0) is 16.2. The summed E-state index contributed by atoms with van der Waals surface area (Å²) in [6.07, 6.45) is 10.8. The van der Waals surface area contributed by atoms with Crippen LogP contribution in [0.15, 0.2) is 0 Å². The summed E-state index contributed by atoms with van der Waals surface area (Å²) in [4.78, 5) is 11.7. The van der Waals surface area contributed by atoms with Crippen LogP contribution < -0.4 is 10.6 Å². The molecular formula is C18H34N2O2. The third kappa shape index (κ3) is 5.45. The normalized spacial score (nSPS) is 23.5. The van der Waals surface area contributed by atoms with E-state index >= 15 is 0 Å². The van der Waals surface area contributed by atoms with E-state index in [9.17, 15) is 4.79 Å². The fourth-order valence-electron chi connectivity index (χ4n) is 4.03. The summed E-state index contributed by atoms with van der Waals surface area (Å²) in [6, 6.07) is 0.900. The number of nitrogens with one attached hydrogen (secondary N) is 2. The number of ether oxygens (including phenoxy) is 1. The van der Waals surface area contributed by atoms with E-state index in [1.165, 1.54) is 51.4 Å². The lowest BCUT2D eigenvalue weighted by atomic mass is 9.71. The van der Waals surface area contributed by atoms with Crippen LogP contribution in [0.25, 0.3) is 0 Å². The Morgan fingerprint density at radius 2 is 1.77 bits per heavy atom. The van der Waals surface area contributed by atoms with Gasteiger partial charge < -0.3 is 15.4 Å². The number of carbonyl (C=O) groups excluding carboxylic acids is 1. The minimum atomic E-state index is -0.431. The zero-order valence-corrected chi connectivity index (χ0v) is 14.8. The van der Waals surface area contributed by atoms with Crippen molar-refractivity contribution in [2.75, 3.05) is 6.54 Å². The van der Waals surface area contributed by atoms with Gasteiger partial charge in [0.05, 0.1) is 0 Å². The molecule has 4 nitrogen and oxygen atoms in total. The van der Waals surface area contributed by atoms with Gasteiger partial charge in [0.1, 0.15) is 5.60 Å². The second-order valence-electron chi connectivity index (χ2n) is 8.43. The van der Waals surface area contributed by atoms with Crippen LogP contribution in [0, 0.1) is 5.41 Å². The minimum Gasteiger partial charge on any atom is -0.444 e. The number of carbonyl (C=O) groups is 1. The lowest BCUT2D eigenvalue weighted by Crippen LogP contribution is -2.46. The first-order valence-electron chi connectivity index (χ1n) is 9.01. The summed E-state index contributed by atoms with van der Waals surface area (Å²) in [6.45, 7) is 8.41. The van der Waals surface area contributed by atoms with E-state index in [-0.39, 0.29) is 12.1 Å². The molecule has 2 fully saturated rings. The van der Waals surface area contributed by atoms with E-state index in [1.807, 2.05) is 20.8 Å². The molecule has 0 radical (unpaired) electrons. The fourth-order valence-corrected chi connectivity index (χ4v) is 4.03. The molecule has 22 heavy (non-hydrogen) atoms. The third-order valence-electron chi connectivity index (χ3n) is 5.18. The van der Waals surface area contributed by atoms with Crippen molar-refractivity contribution in [1.82, 2.24) is 10.6 Å². The molecule has 0 aromatic heterocycles. The molecule has 2 saturated carbocycles. The van der Waals surface area contributed by atoms with Gasteiger partial charge in [-0.25, -0.2) is 4.79 Å². The molecular weight excluding hydrogens is 276 g/mol. The van der Waals surface area contributed by atoms with E-state index in [0.717, 1.165) is 0 Å². The molecule has 0 aromatic carbocycles. The van der Waals surface area contributed by atoms with E-state index in [2.05, 4.69) is 17.6 Å². The van der Waals surface area contributed by atoms with Gasteiger partial charge in [0.15, 0.2) is 0 Å². The number of rotatable bonds is 4. The molecule has 0 aliphatic heterocycles. The Morgan fingerprint density at radius 3 is 2.32 bits per heavy atom. The van der Waals surface area contributed by atoms with Crippen LogP contribution >= 0.6 is 0 Å². The Labute approximate surface area is 135 Å². The lowest BCUT2D eigenvalue weighted by molar-refractivity contribution is 0.0521. The molecule has 1 atom stereocenters. The first-order chi connectivity index (χ1) is 10.3. The van der Waals surface area contributed by atoms with E-state index in [0.29, 0.717) is 18.0 Å². The molecule has 0 aromatic rings. The van der Waals surface area contributed by atoms with Gasteiger partial charge in [0.2, 0.25) is 0 Å². The lowest BCUT2D eigenvalue weighted by Gasteiger charge is -2.38. The first-order valence-corrected chi connectivity index (χ1v) is 9.01. The van der Waals surface area contributed by atoms with Gasteiger partial charge in [-0.2, -0.15) is 0 Å². The monoisotopic (exact) mass is 310 g/mol. The Bertz CT molecular complexity index is 360. The molecule has 0 bridgehead atoms. The average molecular weight is 310 g/mol. The number of hydrogen-bond acceptors (Lipinski definition) is 3. The predicted octanol–water partition coefficient (Wildman–Crippen LogP) is 3.99. The molecule has 2 aliphatic carbocycles. The van der Waals surface area contributed by atoms with Crippen molar-refractivity contribution in [3.63, 3.8) is 0 Å². The number of amides is 1. The predicted molar refractivity (Wildman–Crippen MR) is 90.0 cm³/mol. The minimum absolute atomic E-state index is 0.287. The molecule has 0 saturated heterocycles. The van der Waals surface area contributed by atoms with Crippen LogP contribution in [0.4, 0.5) is 4.79 Å². The molecule has 2 rings (SSSR count). The summed E-state index contributed by atoms with van der Waals surface area (Å²) < 4.78 is 5.26. The highest BCUT2D eigenvalue weighted by Gasteiger charge is 2.37.